The molecule has 120 valence electrons. The van der Waals surface area contributed by atoms with E-state index >= 15 is 0 Å². The van der Waals surface area contributed by atoms with Crippen LogP contribution >= 0.6 is 15.9 Å². The molecule has 0 aliphatic carbocycles. The van der Waals surface area contributed by atoms with E-state index in [0.29, 0.717) is 18.6 Å². The number of hydrogen-bond acceptors (Lipinski definition) is 2. The third-order valence-corrected chi connectivity index (χ3v) is 4.31. The number of nitrogens with one attached hydrogen (secondary N) is 1. The predicted octanol–water partition coefficient (Wildman–Crippen LogP) is 5.71. The number of hydrogen-bond donors (Lipinski definition) is 1. The number of benzene rings is 1. The molecule has 0 fully saturated rings. The third kappa shape index (κ3) is 5.63. The van der Waals surface area contributed by atoms with Gasteiger partial charge >= 0.3 is 0 Å². The topological polar surface area (TPSA) is 21.3 Å². The fraction of sp³-hybridized carbons (Fsp3) is 0.667. The summed E-state index contributed by atoms with van der Waals surface area (Å²) in [7, 11) is 0. The molecular weight excluding hydrogens is 326 g/mol. The van der Waals surface area contributed by atoms with E-state index in [1.165, 1.54) is 31.2 Å². The number of halogens is 1. The van der Waals surface area contributed by atoms with Crippen LogP contribution < -0.4 is 10.1 Å². The Balaban J connectivity index is 3.15. The Morgan fingerprint density at radius 2 is 1.76 bits per heavy atom. The van der Waals surface area contributed by atoms with Gasteiger partial charge in [-0.25, -0.2) is 0 Å². The Morgan fingerprint density at radius 1 is 1.10 bits per heavy atom. The van der Waals surface area contributed by atoms with Gasteiger partial charge in [-0.3, -0.25) is 0 Å². The minimum Gasteiger partial charge on any atom is -0.494 e. The average Bonchev–Trinajstić information content (AvgIpc) is 2.47. The fourth-order valence-electron chi connectivity index (χ4n) is 3.02. The maximum atomic E-state index is 5.86. The van der Waals surface area contributed by atoms with E-state index in [9.17, 15) is 0 Å². The van der Waals surface area contributed by atoms with Crippen LogP contribution in [-0.4, -0.2) is 13.2 Å². The van der Waals surface area contributed by atoms with Crippen LogP contribution in [0.25, 0.3) is 0 Å². The van der Waals surface area contributed by atoms with Crippen LogP contribution in [0.1, 0.15) is 65.0 Å². The molecule has 0 heterocycles. The molecule has 0 aliphatic heterocycles. The second kappa shape index (κ2) is 10.2. The van der Waals surface area contributed by atoms with Gasteiger partial charge in [-0.15, -0.1) is 0 Å². The summed E-state index contributed by atoms with van der Waals surface area (Å²) >= 11 is 3.61. The lowest BCUT2D eigenvalue weighted by Crippen LogP contribution is -2.29. The van der Waals surface area contributed by atoms with Crippen molar-refractivity contribution in [3.63, 3.8) is 0 Å². The van der Waals surface area contributed by atoms with E-state index < -0.39 is 0 Å². The first-order chi connectivity index (χ1) is 10.2. The standard InChI is InChI=1S/C18H30BrNO/c1-5-9-14(10-6-2)18(20-7-3)16-13-15(19)11-12-17(16)21-8-4/h11-14,18,20H,5-10H2,1-4H3. The first-order valence-corrected chi connectivity index (χ1v) is 9.12. The molecule has 0 spiro atoms. The van der Waals surface area contributed by atoms with Crippen LogP contribution in [0, 0.1) is 5.92 Å². The van der Waals surface area contributed by atoms with Crippen LogP contribution in [0.15, 0.2) is 22.7 Å². The summed E-state index contributed by atoms with van der Waals surface area (Å²) in [5.41, 5.74) is 1.29. The molecule has 0 radical (unpaired) electrons. The van der Waals surface area contributed by atoms with Crippen molar-refractivity contribution in [3.05, 3.63) is 28.2 Å². The summed E-state index contributed by atoms with van der Waals surface area (Å²) in [6.45, 7) is 10.5. The van der Waals surface area contributed by atoms with Gasteiger partial charge in [0.05, 0.1) is 6.61 Å². The third-order valence-electron chi connectivity index (χ3n) is 3.82. The molecule has 1 N–H and O–H groups in total. The molecule has 1 rings (SSSR count). The molecule has 1 aromatic carbocycles. The highest BCUT2D eigenvalue weighted by molar-refractivity contribution is 9.10. The van der Waals surface area contributed by atoms with Gasteiger partial charge in [-0.1, -0.05) is 49.5 Å². The summed E-state index contributed by atoms with van der Waals surface area (Å²) in [6.07, 6.45) is 4.96. The SMILES string of the molecule is CCCC(CCC)C(NCC)c1cc(Br)ccc1OCC. The van der Waals surface area contributed by atoms with Gasteiger partial charge in [0.15, 0.2) is 0 Å². The predicted molar refractivity (Wildman–Crippen MR) is 95.0 cm³/mol. The van der Waals surface area contributed by atoms with Crippen molar-refractivity contribution in [2.75, 3.05) is 13.2 Å². The average molecular weight is 356 g/mol. The Morgan fingerprint density at radius 3 is 2.29 bits per heavy atom. The first-order valence-electron chi connectivity index (χ1n) is 8.33. The summed E-state index contributed by atoms with van der Waals surface area (Å²) < 4.78 is 6.99. The van der Waals surface area contributed by atoms with Crippen LogP contribution in [-0.2, 0) is 0 Å². The maximum absolute atomic E-state index is 5.86. The Bertz CT molecular complexity index is 402. The number of ether oxygens (including phenoxy) is 1. The second-order valence-electron chi connectivity index (χ2n) is 5.49. The van der Waals surface area contributed by atoms with Crippen molar-refractivity contribution in [1.29, 1.82) is 0 Å². The van der Waals surface area contributed by atoms with E-state index in [-0.39, 0.29) is 0 Å². The molecule has 0 saturated heterocycles. The van der Waals surface area contributed by atoms with Gasteiger partial charge in [0.2, 0.25) is 0 Å². The van der Waals surface area contributed by atoms with Crippen molar-refractivity contribution in [2.24, 2.45) is 5.92 Å². The second-order valence-corrected chi connectivity index (χ2v) is 6.40. The van der Waals surface area contributed by atoms with E-state index in [2.05, 4.69) is 60.2 Å². The molecule has 1 unspecified atom stereocenters. The smallest absolute Gasteiger partial charge is 0.124 e. The highest BCUT2D eigenvalue weighted by Crippen LogP contribution is 2.36. The lowest BCUT2D eigenvalue weighted by Gasteiger charge is -2.29. The molecule has 1 aromatic rings. The van der Waals surface area contributed by atoms with Crippen molar-refractivity contribution in [1.82, 2.24) is 5.32 Å². The van der Waals surface area contributed by atoms with Crippen LogP contribution in [0.4, 0.5) is 0 Å². The summed E-state index contributed by atoms with van der Waals surface area (Å²) in [5, 5.41) is 3.69. The zero-order valence-electron chi connectivity index (χ0n) is 13.9. The molecular formula is C18H30BrNO. The Kier molecular flexibility index (Phi) is 9.02. The maximum Gasteiger partial charge on any atom is 0.124 e. The Hall–Kier alpha value is -0.540. The molecule has 3 heteroatoms. The van der Waals surface area contributed by atoms with Gasteiger partial charge in [-0.2, -0.15) is 0 Å². The minimum absolute atomic E-state index is 0.369. The van der Waals surface area contributed by atoms with Gasteiger partial charge in [0, 0.05) is 16.1 Å². The molecule has 0 saturated carbocycles. The monoisotopic (exact) mass is 355 g/mol. The molecule has 21 heavy (non-hydrogen) atoms. The lowest BCUT2D eigenvalue weighted by atomic mass is 9.85. The van der Waals surface area contributed by atoms with Gasteiger partial charge in [-0.05, 0) is 50.4 Å². The molecule has 0 bridgehead atoms. The quantitative estimate of drug-likeness (QED) is 0.579. The highest BCUT2D eigenvalue weighted by atomic mass is 79.9. The van der Waals surface area contributed by atoms with Crippen LogP contribution in [0.3, 0.4) is 0 Å². The molecule has 2 nitrogen and oxygen atoms in total. The zero-order valence-corrected chi connectivity index (χ0v) is 15.5. The lowest BCUT2D eigenvalue weighted by molar-refractivity contribution is 0.294. The van der Waals surface area contributed by atoms with Crippen molar-refractivity contribution in [2.45, 2.75) is 59.4 Å². The van der Waals surface area contributed by atoms with E-state index in [0.717, 1.165) is 16.8 Å². The largest absolute Gasteiger partial charge is 0.494 e. The first kappa shape index (κ1) is 18.5. The summed E-state index contributed by atoms with van der Waals surface area (Å²) in [4.78, 5) is 0. The van der Waals surface area contributed by atoms with Crippen LogP contribution in [0.5, 0.6) is 5.75 Å². The molecule has 1 atom stereocenters. The molecule has 0 amide bonds. The Labute approximate surface area is 138 Å². The van der Waals surface area contributed by atoms with Crippen molar-refractivity contribution < 1.29 is 4.74 Å². The van der Waals surface area contributed by atoms with E-state index in [4.69, 9.17) is 4.74 Å². The zero-order chi connectivity index (χ0) is 15.7. The van der Waals surface area contributed by atoms with Gasteiger partial charge in [0.25, 0.3) is 0 Å². The summed E-state index contributed by atoms with van der Waals surface area (Å²) in [5.74, 6) is 1.68. The minimum atomic E-state index is 0.369. The van der Waals surface area contributed by atoms with Crippen molar-refractivity contribution in [3.8, 4) is 5.75 Å². The fourth-order valence-corrected chi connectivity index (χ4v) is 3.40. The van der Waals surface area contributed by atoms with Gasteiger partial charge in [0.1, 0.15) is 5.75 Å². The number of rotatable bonds is 10. The molecule has 0 aliphatic rings. The van der Waals surface area contributed by atoms with Crippen LogP contribution in [0.2, 0.25) is 0 Å². The van der Waals surface area contributed by atoms with Gasteiger partial charge < -0.3 is 10.1 Å². The summed E-state index contributed by atoms with van der Waals surface area (Å²) in [6, 6.07) is 6.74. The molecule has 0 aromatic heterocycles. The van der Waals surface area contributed by atoms with Crippen molar-refractivity contribution >= 4 is 15.9 Å². The normalized spacial score (nSPS) is 12.7. The highest BCUT2D eigenvalue weighted by Gasteiger charge is 2.24. The van der Waals surface area contributed by atoms with E-state index in [1.807, 2.05) is 6.92 Å². The van der Waals surface area contributed by atoms with E-state index in [1.54, 1.807) is 0 Å².